The molecule has 1 aliphatic heterocycles. The molecule has 1 N–H and O–H groups in total. The Kier molecular flexibility index (Phi) is 5.39. The third-order valence-corrected chi connectivity index (χ3v) is 7.89. The maximum atomic E-state index is 12.3. The first-order valence-corrected chi connectivity index (χ1v) is 10.8. The van der Waals surface area contributed by atoms with Gasteiger partial charge in [0.05, 0.1) is 5.75 Å². The first kappa shape index (κ1) is 18.6. The molecule has 3 rings (SSSR count). The highest BCUT2D eigenvalue weighted by Gasteiger charge is 2.42. The summed E-state index contributed by atoms with van der Waals surface area (Å²) in [6.45, 7) is 3.56. The number of esters is 1. The van der Waals surface area contributed by atoms with Gasteiger partial charge in [-0.15, -0.1) is 0 Å². The van der Waals surface area contributed by atoms with E-state index >= 15 is 0 Å². The Morgan fingerprint density at radius 3 is 2.56 bits per heavy atom. The molecule has 25 heavy (non-hydrogen) atoms. The van der Waals surface area contributed by atoms with Crippen LogP contribution in [0.25, 0.3) is 0 Å². The number of rotatable bonds is 6. The molecule has 2 aliphatic carbocycles. The molecule has 1 saturated heterocycles. The van der Waals surface area contributed by atoms with Crippen molar-refractivity contribution in [2.24, 2.45) is 17.8 Å². The highest BCUT2D eigenvalue weighted by atomic mass is 32.2. The van der Waals surface area contributed by atoms with Crippen LogP contribution in [0.15, 0.2) is 0 Å². The minimum atomic E-state index is -3.34. The number of hydrogen-bond acceptors (Lipinski definition) is 5. The number of nitrogens with zero attached hydrogens (tertiary/aromatic N) is 1. The minimum absolute atomic E-state index is 0.0668. The molecule has 7 nitrogen and oxygen atoms in total. The summed E-state index contributed by atoms with van der Waals surface area (Å²) in [4.78, 5) is 24.2. The van der Waals surface area contributed by atoms with Crippen molar-refractivity contribution in [2.75, 3.05) is 18.8 Å². The summed E-state index contributed by atoms with van der Waals surface area (Å²) in [7, 11) is -3.34. The molecule has 0 unspecified atom stereocenters. The van der Waals surface area contributed by atoms with Crippen LogP contribution in [0.2, 0.25) is 0 Å². The van der Waals surface area contributed by atoms with E-state index in [9.17, 15) is 18.0 Å². The lowest BCUT2D eigenvalue weighted by Crippen LogP contribution is -2.45. The van der Waals surface area contributed by atoms with Crippen LogP contribution in [0.4, 0.5) is 0 Å². The van der Waals surface area contributed by atoms with E-state index in [1.807, 2.05) is 6.92 Å². The molecule has 0 aromatic rings. The molecule has 0 aromatic carbocycles. The third kappa shape index (κ3) is 4.16. The molecule has 0 aromatic heterocycles. The van der Waals surface area contributed by atoms with E-state index in [0.717, 1.165) is 10.2 Å². The van der Waals surface area contributed by atoms with Gasteiger partial charge in [0.1, 0.15) is 6.54 Å². The molecular formula is C17H28N2O5S. The molecule has 1 heterocycles. The highest BCUT2D eigenvalue weighted by Crippen LogP contribution is 2.49. The van der Waals surface area contributed by atoms with Gasteiger partial charge in [0.25, 0.3) is 5.91 Å². The van der Waals surface area contributed by atoms with Gasteiger partial charge >= 0.3 is 5.97 Å². The van der Waals surface area contributed by atoms with Crippen LogP contribution in [0.5, 0.6) is 0 Å². The molecule has 2 bridgehead atoms. The monoisotopic (exact) mass is 372 g/mol. The molecule has 0 spiro atoms. The lowest BCUT2D eigenvalue weighted by Gasteiger charge is -2.29. The van der Waals surface area contributed by atoms with Crippen molar-refractivity contribution in [1.29, 1.82) is 0 Å². The Balaban J connectivity index is 1.45. The van der Waals surface area contributed by atoms with Crippen molar-refractivity contribution in [3.05, 3.63) is 0 Å². The molecule has 0 radical (unpaired) electrons. The number of carbonyl (C=O) groups is 2. The van der Waals surface area contributed by atoms with Gasteiger partial charge in [0.2, 0.25) is 10.0 Å². The minimum Gasteiger partial charge on any atom is -0.452 e. The summed E-state index contributed by atoms with van der Waals surface area (Å²) in [5, 5.41) is 2.97. The molecule has 5 atom stereocenters. The molecular weight excluding hydrogens is 344 g/mol. The topological polar surface area (TPSA) is 92.8 Å². The van der Waals surface area contributed by atoms with E-state index in [1.165, 1.54) is 32.6 Å². The van der Waals surface area contributed by atoms with E-state index in [1.54, 1.807) is 0 Å². The standard InChI is InChI=1S/C17H28N2O5S/c1-11(15-9-13-4-5-14(15)8-13)18-17(21)12(2)24-16(20)10-19-6-3-7-25(19,22)23/h11-15H,3-10H2,1-2H3,(H,18,21)/t11-,12-,13-,14-,15+/m0/s1. The first-order chi connectivity index (χ1) is 11.8. The predicted molar refractivity (Wildman–Crippen MR) is 92.1 cm³/mol. The second-order valence-corrected chi connectivity index (χ2v) is 9.86. The molecule has 3 aliphatic rings. The number of fused-ring (bicyclic) bond motifs is 2. The zero-order valence-electron chi connectivity index (χ0n) is 14.9. The fourth-order valence-electron chi connectivity index (χ4n) is 4.66. The average molecular weight is 372 g/mol. The van der Waals surface area contributed by atoms with Crippen LogP contribution in [0.1, 0.15) is 46.0 Å². The van der Waals surface area contributed by atoms with Crippen molar-refractivity contribution in [1.82, 2.24) is 9.62 Å². The summed E-state index contributed by atoms with van der Waals surface area (Å²) < 4.78 is 29.7. The van der Waals surface area contributed by atoms with Gasteiger partial charge in [-0.25, -0.2) is 8.42 Å². The van der Waals surface area contributed by atoms with Crippen LogP contribution in [0.3, 0.4) is 0 Å². The Labute approximate surface area is 149 Å². The Morgan fingerprint density at radius 1 is 1.24 bits per heavy atom. The van der Waals surface area contributed by atoms with Crippen molar-refractivity contribution >= 4 is 21.9 Å². The van der Waals surface area contributed by atoms with Gasteiger partial charge in [-0.3, -0.25) is 9.59 Å². The van der Waals surface area contributed by atoms with E-state index in [4.69, 9.17) is 4.74 Å². The van der Waals surface area contributed by atoms with Crippen LogP contribution in [-0.4, -0.2) is 55.6 Å². The molecule has 1 amide bonds. The predicted octanol–water partition coefficient (Wildman–Crippen LogP) is 0.895. The second kappa shape index (κ2) is 7.23. The van der Waals surface area contributed by atoms with E-state index in [0.29, 0.717) is 24.8 Å². The van der Waals surface area contributed by atoms with Gasteiger partial charge in [0, 0.05) is 12.6 Å². The maximum absolute atomic E-state index is 12.3. The van der Waals surface area contributed by atoms with Gasteiger partial charge in [-0.05, 0) is 57.3 Å². The van der Waals surface area contributed by atoms with Crippen molar-refractivity contribution in [2.45, 2.75) is 58.1 Å². The number of carbonyl (C=O) groups excluding carboxylic acids is 2. The summed E-state index contributed by atoms with van der Waals surface area (Å²) in [5.41, 5.74) is 0. The normalized spacial score (nSPS) is 33.1. The zero-order chi connectivity index (χ0) is 18.2. The SMILES string of the molecule is C[C@H](OC(=O)CN1CCCS1(=O)=O)C(=O)N[C@@H](C)[C@H]1C[C@H]2CC[C@H]1C2. The summed E-state index contributed by atoms with van der Waals surface area (Å²) in [6.07, 6.45) is 4.62. The number of hydrogen-bond donors (Lipinski definition) is 1. The van der Waals surface area contributed by atoms with Crippen molar-refractivity contribution in [3.8, 4) is 0 Å². The Hall–Kier alpha value is -1.15. The van der Waals surface area contributed by atoms with Crippen LogP contribution >= 0.6 is 0 Å². The first-order valence-electron chi connectivity index (χ1n) is 9.24. The van der Waals surface area contributed by atoms with E-state index in [-0.39, 0.29) is 24.2 Å². The lowest BCUT2D eigenvalue weighted by molar-refractivity contribution is -0.155. The fraction of sp³-hybridized carbons (Fsp3) is 0.882. The molecule has 142 valence electrons. The lowest BCUT2D eigenvalue weighted by atomic mass is 9.84. The average Bonchev–Trinajstić information content (AvgIpc) is 3.23. The molecule has 3 fully saturated rings. The van der Waals surface area contributed by atoms with E-state index < -0.39 is 22.1 Å². The number of amides is 1. The second-order valence-electron chi connectivity index (χ2n) is 7.77. The van der Waals surface area contributed by atoms with Gasteiger partial charge in [-0.1, -0.05) is 6.42 Å². The molecule has 2 saturated carbocycles. The zero-order valence-corrected chi connectivity index (χ0v) is 15.8. The van der Waals surface area contributed by atoms with Crippen molar-refractivity contribution < 1.29 is 22.7 Å². The summed E-state index contributed by atoms with van der Waals surface area (Å²) >= 11 is 0. The smallest absolute Gasteiger partial charge is 0.322 e. The molecule has 8 heteroatoms. The van der Waals surface area contributed by atoms with Gasteiger partial charge < -0.3 is 10.1 Å². The summed E-state index contributed by atoms with van der Waals surface area (Å²) in [5.74, 6) is 1.11. The summed E-state index contributed by atoms with van der Waals surface area (Å²) in [6, 6.07) is 0.0721. The number of ether oxygens (including phenoxy) is 1. The maximum Gasteiger partial charge on any atom is 0.322 e. The van der Waals surface area contributed by atoms with Gasteiger partial charge in [-0.2, -0.15) is 4.31 Å². The third-order valence-electron chi connectivity index (χ3n) is 5.99. The quantitative estimate of drug-likeness (QED) is 0.699. The van der Waals surface area contributed by atoms with E-state index in [2.05, 4.69) is 5.32 Å². The van der Waals surface area contributed by atoms with Gasteiger partial charge in [0.15, 0.2) is 6.10 Å². The Morgan fingerprint density at radius 2 is 2.00 bits per heavy atom. The van der Waals surface area contributed by atoms with Crippen LogP contribution in [0, 0.1) is 17.8 Å². The Bertz CT molecular complexity index is 635. The fourth-order valence-corrected chi connectivity index (χ4v) is 6.12. The van der Waals surface area contributed by atoms with Crippen LogP contribution < -0.4 is 5.32 Å². The largest absolute Gasteiger partial charge is 0.452 e. The number of nitrogens with one attached hydrogen (secondary N) is 1. The van der Waals surface area contributed by atoms with Crippen molar-refractivity contribution in [3.63, 3.8) is 0 Å². The number of sulfonamides is 1. The highest BCUT2D eigenvalue weighted by molar-refractivity contribution is 7.89. The van der Waals surface area contributed by atoms with Crippen LogP contribution in [-0.2, 0) is 24.3 Å².